The average molecular weight is 271 g/mol. The van der Waals surface area contributed by atoms with Crippen molar-refractivity contribution in [2.75, 3.05) is 14.2 Å². The number of nitrogens with one attached hydrogen (secondary N) is 1. The molecule has 0 rings (SSSR count). The van der Waals surface area contributed by atoms with Gasteiger partial charge in [0.2, 0.25) is 0 Å². The summed E-state index contributed by atoms with van der Waals surface area (Å²) >= 11 is 0. The van der Waals surface area contributed by atoms with Gasteiger partial charge in [-0.05, 0) is 33.2 Å². The summed E-state index contributed by atoms with van der Waals surface area (Å²) < 4.78 is 5.31. The fraction of sp³-hybridized carbons (Fsp3) is 1.00. The number of unbranched alkanes of at least 4 members (excludes halogenated alkanes) is 7. The first-order chi connectivity index (χ1) is 9.24. The average Bonchev–Trinajstić information content (AvgIpc) is 2.44. The molecule has 0 aromatic heterocycles. The van der Waals surface area contributed by atoms with Crippen LogP contribution in [0.25, 0.3) is 0 Å². The second-order valence-corrected chi connectivity index (χ2v) is 5.87. The fourth-order valence-electron chi connectivity index (χ4n) is 2.51. The van der Waals surface area contributed by atoms with Crippen LogP contribution in [0.4, 0.5) is 0 Å². The van der Waals surface area contributed by atoms with Crippen LogP contribution in [0.2, 0.25) is 0 Å². The van der Waals surface area contributed by atoms with E-state index in [0.29, 0.717) is 12.1 Å². The summed E-state index contributed by atoms with van der Waals surface area (Å²) in [5.41, 5.74) is 0. The van der Waals surface area contributed by atoms with Crippen molar-refractivity contribution in [3.8, 4) is 0 Å². The molecule has 2 nitrogen and oxygen atoms in total. The molecule has 2 heteroatoms. The van der Waals surface area contributed by atoms with Crippen molar-refractivity contribution in [1.82, 2.24) is 5.32 Å². The minimum absolute atomic E-state index is 0.398. The zero-order valence-corrected chi connectivity index (χ0v) is 13.8. The Kier molecular flexibility index (Phi) is 14.3. The van der Waals surface area contributed by atoms with Gasteiger partial charge in [-0.15, -0.1) is 0 Å². The molecule has 0 fully saturated rings. The van der Waals surface area contributed by atoms with E-state index in [0.717, 1.165) is 0 Å². The third kappa shape index (κ3) is 12.7. The molecule has 0 aliphatic heterocycles. The van der Waals surface area contributed by atoms with Gasteiger partial charge in [0.25, 0.3) is 0 Å². The molecule has 2 unspecified atom stereocenters. The highest BCUT2D eigenvalue weighted by molar-refractivity contribution is 4.66. The lowest BCUT2D eigenvalue weighted by Gasteiger charge is -2.18. The summed E-state index contributed by atoms with van der Waals surface area (Å²) in [6.07, 6.45) is 15.4. The summed E-state index contributed by atoms with van der Waals surface area (Å²) in [6, 6.07) is 0.678. The lowest BCUT2D eigenvalue weighted by molar-refractivity contribution is 0.106. The van der Waals surface area contributed by atoms with E-state index >= 15 is 0 Å². The molecule has 0 saturated carbocycles. The van der Waals surface area contributed by atoms with Gasteiger partial charge in [0.15, 0.2) is 0 Å². The van der Waals surface area contributed by atoms with E-state index in [1.54, 1.807) is 7.11 Å². The highest BCUT2D eigenvalue weighted by Crippen LogP contribution is 2.13. The monoisotopic (exact) mass is 271 g/mol. The first-order valence-electron chi connectivity index (χ1n) is 8.44. The van der Waals surface area contributed by atoms with Gasteiger partial charge < -0.3 is 10.1 Å². The number of hydrogen-bond acceptors (Lipinski definition) is 2. The first kappa shape index (κ1) is 18.9. The second kappa shape index (κ2) is 14.3. The van der Waals surface area contributed by atoms with Crippen LogP contribution in [-0.4, -0.2) is 26.3 Å². The molecule has 19 heavy (non-hydrogen) atoms. The Labute approximate surface area is 121 Å². The molecule has 0 aromatic carbocycles. The van der Waals surface area contributed by atoms with E-state index in [2.05, 4.69) is 26.2 Å². The van der Waals surface area contributed by atoms with E-state index in [1.807, 2.05) is 0 Å². The molecule has 0 spiro atoms. The molecular weight excluding hydrogens is 234 g/mol. The highest BCUT2D eigenvalue weighted by Gasteiger charge is 2.08. The molecule has 1 N–H and O–H groups in total. The van der Waals surface area contributed by atoms with Gasteiger partial charge in [-0.3, -0.25) is 0 Å². The van der Waals surface area contributed by atoms with Crippen molar-refractivity contribution in [2.24, 2.45) is 0 Å². The number of methoxy groups -OCH3 is 1. The van der Waals surface area contributed by atoms with E-state index in [1.165, 1.54) is 70.6 Å². The molecule has 116 valence electrons. The molecular formula is C17H37NO. The SMILES string of the molecule is CCCCCCCCCCC(CCC(C)OC)NC. The van der Waals surface area contributed by atoms with Crippen molar-refractivity contribution in [1.29, 1.82) is 0 Å². The van der Waals surface area contributed by atoms with Crippen molar-refractivity contribution in [2.45, 2.75) is 96.6 Å². The van der Waals surface area contributed by atoms with Crippen LogP contribution in [0.1, 0.15) is 84.5 Å². The zero-order chi connectivity index (χ0) is 14.3. The predicted molar refractivity (Wildman–Crippen MR) is 85.8 cm³/mol. The maximum Gasteiger partial charge on any atom is 0.0543 e. The largest absolute Gasteiger partial charge is 0.382 e. The molecule has 0 aliphatic rings. The summed E-state index contributed by atoms with van der Waals surface area (Å²) in [6.45, 7) is 4.44. The van der Waals surface area contributed by atoms with Gasteiger partial charge in [-0.2, -0.15) is 0 Å². The Bertz CT molecular complexity index is 173. The third-order valence-corrected chi connectivity index (χ3v) is 4.14. The summed E-state index contributed by atoms with van der Waals surface area (Å²) in [4.78, 5) is 0. The van der Waals surface area contributed by atoms with Crippen LogP contribution in [0.3, 0.4) is 0 Å². The van der Waals surface area contributed by atoms with Gasteiger partial charge in [-0.1, -0.05) is 58.3 Å². The van der Waals surface area contributed by atoms with Crippen molar-refractivity contribution in [3.63, 3.8) is 0 Å². The van der Waals surface area contributed by atoms with E-state index < -0.39 is 0 Å². The van der Waals surface area contributed by atoms with E-state index in [9.17, 15) is 0 Å². The second-order valence-electron chi connectivity index (χ2n) is 5.87. The Morgan fingerprint density at radius 3 is 1.95 bits per heavy atom. The highest BCUT2D eigenvalue weighted by atomic mass is 16.5. The Morgan fingerprint density at radius 2 is 1.42 bits per heavy atom. The smallest absolute Gasteiger partial charge is 0.0543 e. The van der Waals surface area contributed by atoms with Crippen LogP contribution in [0.5, 0.6) is 0 Å². The van der Waals surface area contributed by atoms with Gasteiger partial charge in [0.1, 0.15) is 0 Å². The van der Waals surface area contributed by atoms with Crippen molar-refractivity contribution >= 4 is 0 Å². The molecule has 0 amide bonds. The minimum atomic E-state index is 0.398. The van der Waals surface area contributed by atoms with Gasteiger partial charge in [0, 0.05) is 13.2 Å². The van der Waals surface area contributed by atoms with Crippen molar-refractivity contribution in [3.05, 3.63) is 0 Å². The third-order valence-electron chi connectivity index (χ3n) is 4.14. The van der Waals surface area contributed by atoms with Crippen LogP contribution in [0.15, 0.2) is 0 Å². The maximum atomic E-state index is 5.31. The number of rotatable bonds is 14. The number of ether oxygens (including phenoxy) is 1. The lowest BCUT2D eigenvalue weighted by Crippen LogP contribution is -2.26. The van der Waals surface area contributed by atoms with E-state index in [4.69, 9.17) is 4.74 Å². The van der Waals surface area contributed by atoms with Crippen LogP contribution in [0, 0.1) is 0 Å². The minimum Gasteiger partial charge on any atom is -0.382 e. The van der Waals surface area contributed by atoms with Gasteiger partial charge in [-0.25, -0.2) is 0 Å². The molecule has 0 aliphatic carbocycles. The van der Waals surface area contributed by atoms with Crippen LogP contribution >= 0.6 is 0 Å². The fourth-order valence-corrected chi connectivity index (χ4v) is 2.51. The Morgan fingerprint density at radius 1 is 0.842 bits per heavy atom. The lowest BCUT2D eigenvalue weighted by atomic mass is 10.0. The van der Waals surface area contributed by atoms with E-state index in [-0.39, 0.29) is 0 Å². The Hall–Kier alpha value is -0.0800. The molecule has 0 heterocycles. The normalized spacial score (nSPS) is 14.5. The first-order valence-corrected chi connectivity index (χ1v) is 8.44. The summed E-state index contributed by atoms with van der Waals surface area (Å²) in [5.74, 6) is 0. The summed E-state index contributed by atoms with van der Waals surface area (Å²) in [5, 5.41) is 3.44. The standard InChI is InChI=1S/C17H37NO/c1-5-6-7-8-9-10-11-12-13-17(18-3)15-14-16(2)19-4/h16-18H,5-15H2,1-4H3. The van der Waals surface area contributed by atoms with Gasteiger partial charge >= 0.3 is 0 Å². The van der Waals surface area contributed by atoms with Gasteiger partial charge in [0.05, 0.1) is 6.10 Å². The summed E-state index contributed by atoms with van der Waals surface area (Å²) in [7, 11) is 3.89. The Balaban J connectivity index is 3.36. The number of hydrogen-bond donors (Lipinski definition) is 1. The topological polar surface area (TPSA) is 21.3 Å². The molecule has 0 radical (unpaired) electrons. The molecule has 0 saturated heterocycles. The van der Waals surface area contributed by atoms with Crippen molar-refractivity contribution < 1.29 is 4.74 Å². The molecule has 0 aromatic rings. The van der Waals surface area contributed by atoms with Crippen LogP contribution in [-0.2, 0) is 4.74 Å². The predicted octanol–water partition coefficient (Wildman–Crippen LogP) is 4.92. The zero-order valence-electron chi connectivity index (χ0n) is 13.8. The maximum absolute atomic E-state index is 5.31. The molecule has 2 atom stereocenters. The molecule has 0 bridgehead atoms. The quantitative estimate of drug-likeness (QED) is 0.453. The van der Waals surface area contributed by atoms with Crippen LogP contribution < -0.4 is 5.32 Å².